The van der Waals surface area contributed by atoms with Crippen molar-refractivity contribution in [3.05, 3.63) is 60.3 Å². The van der Waals surface area contributed by atoms with Crippen LogP contribution in [0, 0.1) is 0 Å². The van der Waals surface area contributed by atoms with Gasteiger partial charge in [0.1, 0.15) is 0 Å². The van der Waals surface area contributed by atoms with Crippen molar-refractivity contribution < 1.29 is 0 Å². The first-order valence-electron chi connectivity index (χ1n) is 7.34. The van der Waals surface area contributed by atoms with E-state index in [2.05, 4.69) is 52.7 Å². The van der Waals surface area contributed by atoms with Gasteiger partial charge in [-0.1, -0.05) is 19.1 Å². The second-order valence-electron chi connectivity index (χ2n) is 5.31. The highest BCUT2D eigenvalue weighted by atomic mass is 15.0. The van der Waals surface area contributed by atoms with Gasteiger partial charge in [0.25, 0.3) is 0 Å². The minimum absolute atomic E-state index is 0.121. The van der Waals surface area contributed by atoms with Gasteiger partial charge in [-0.05, 0) is 36.7 Å². The summed E-state index contributed by atoms with van der Waals surface area (Å²) in [5.74, 6) is 0. The van der Waals surface area contributed by atoms with Gasteiger partial charge in [-0.2, -0.15) is 0 Å². The Balaban J connectivity index is 2.00. The molecule has 0 fully saturated rings. The largest absolute Gasteiger partial charge is 0.340 e. The van der Waals surface area contributed by atoms with Crippen LogP contribution in [0.25, 0.3) is 10.9 Å². The predicted octanol–water partition coefficient (Wildman–Crippen LogP) is 3.06. The molecular formula is C17H20N4. The Morgan fingerprint density at radius 1 is 1.24 bits per heavy atom. The van der Waals surface area contributed by atoms with Crippen molar-refractivity contribution in [2.75, 3.05) is 6.54 Å². The molecule has 2 aromatic heterocycles. The summed E-state index contributed by atoms with van der Waals surface area (Å²) in [6.07, 6.45) is 6.84. The Bertz CT molecular complexity index is 732. The van der Waals surface area contributed by atoms with Crippen LogP contribution >= 0.6 is 0 Å². The zero-order chi connectivity index (χ0) is 14.7. The fourth-order valence-electron chi connectivity index (χ4n) is 2.54. The number of nitrogens with one attached hydrogen (secondary N) is 1. The molecule has 0 aliphatic rings. The molecule has 4 heteroatoms. The Kier molecular flexibility index (Phi) is 3.97. The van der Waals surface area contributed by atoms with E-state index in [-0.39, 0.29) is 6.04 Å². The smallest absolute Gasteiger partial charge is 0.0947 e. The maximum Gasteiger partial charge on any atom is 0.0947 e. The first-order chi connectivity index (χ1) is 10.3. The lowest BCUT2D eigenvalue weighted by atomic mass is 10.0. The fraction of sp³-hybridized carbons (Fsp3) is 0.294. The number of aromatic nitrogens is 3. The summed E-state index contributed by atoms with van der Waals surface area (Å²) in [6.45, 7) is 3.14. The van der Waals surface area contributed by atoms with Crippen LogP contribution in [-0.4, -0.2) is 21.1 Å². The van der Waals surface area contributed by atoms with E-state index in [1.54, 1.807) is 0 Å². The van der Waals surface area contributed by atoms with Crippen molar-refractivity contribution in [2.45, 2.75) is 19.4 Å². The summed E-state index contributed by atoms with van der Waals surface area (Å²) < 4.78 is 1.98. The van der Waals surface area contributed by atoms with Crippen molar-refractivity contribution in [1.82, 2.24) is 19.9 Å². The Hall–Kier alpha value is -2.20. The van der Waals surface area contributed by atoms with Gasteiger partial charge in [-0.15, -0.1) is 0 Å². The second-order valence-corrected chi connectivity index (χ2v) is 5.31. The normalized spacial score (nSPS) is 12.7. The molecule has 0 aliphatic heterocycles. The van der Waals surface area contributed by atoms with Crippen LogP contribution in [-0.2, 0) is 7.05 Å². The molecule has 1 unspecified atom stereocenters. The Morgan fingerprint density at radius 3 is 2.90 bits per heavy atom. The summed E-state index contributed by atoms with van der Waals surface area (Å²) in [6, 6.07) is 10.6. The van der Waals surface area contributed by atoms with Crippen molar-refractivity contribution in [2.24, 2.45) is 7.05 Å². The van der Waals surface area contributed by atoms with Gasteiger partial charge in [-0.3, -0.25) is 4.98 Å². The zero-order valence-corrected chi connectivity index (χ0v) is 12.5. The highest BCUT2D eigenvalue weighted by molar-refractivity contribution is 5.79. The molecule has 0 bridgehead atoms. The van der Waals surface area contributed by atoms with E-state index < -0.39 is 0 Å². The van der Waals surface area contributed by atoms with E-state index in [1.807, 2.05) is 30.2 Å². The number of benzene rings is 1. The molecule has 3 aromatic rings. The van der Waals surface area contributed by atoms with Crippen LogP contribution in [0.5, 0.6) is 0 Å². The summed E-state index contributed by atoms with van der Waals surface area (Å²) in [4.78, 5) is 8.89. The van der Waals surface area contributed by atoms with Gasteiger partial charge in [0.2, 0.25) is 0 Å². The number of aryl methyl sites for hydroxylation is 1. The van der Waals surface area contributed by atoms with Gasteiger partial charge in [0, 0.05) is 24.8 Å². The minimum atomic E-state index is 0.121. The molecule has 3 rings (SSSR count). The van der Waals surface area contributed by atoms with E-state index in [0.29, 0.717) is 0 Å². The molecule has 2 heterocycles. The van der Waals surface area contributed by atoms with E-state index >= 15 is 0 Å². The molecule has 0 saturated carbocycles. The molecule has 0 spiro atoms. The third-order valence-corrected chi connectivity index (χ3v) is 3.58. The third kappa shape index (κ3) is 2.95. The molecule has 0 aliphatic carbocycles. The monoisotopic (exact) mass is 280 g/mol. The van der Waals surface area contributed by atoms with E-state index in [1.165, 1.54) is 5.56 Å². The van der Waals surface area contributed by atoms with E-state index in [0.717, 1.165) is 29.6 Å². The Morgan fingerprint density at radius 2 is 2.14 bits per heavy atom. The molecule has 4 nitrogen and oxygen atoms in total. The maximum absolute atomic E-state index is 4.51. The zero-order valence-electron chi connectivity index (χ0n) is 12.5. The molecule has 0 radical (unpaired) electrons. The quantitative estimate of drug-likeness (QED) is 0.781. The van der Waals surface area contributed by atoms with E-state index in [9.17, 15) is 0 Å². The standard InChI is InChI=1S/C17H20N4/c1-3-8-19-17(16-11-21(2)12-20-16)14-6-7-15-13(10-14)5-4-9-18-15/h4-7,9-12,17,19H,3,8H2,1-2H3. The van der Waals surface area contributed by atoms with Crippen LogP contribution in [0.15, 0.2) is 49.1 Å². The highest BCUT2D eigenvalue weighted by Crippen LogP contribution is 2.23. The number of rotatable bonds is 5. The number of hydrogen-bond donors (Lipinski definition) is 1. The van der Waals surface area contributed by atoms with Crippen molar-refractivity contribution in [3.63, 3.8) is 0 Å². The lowest BCUT2D eigenvalue weighted by molar-refractivity contribution is 0.588. The third-order valence-electron chi connectivity index (χ3n) is 3.58. The predicted molar refractivity (Wildman–Crippen MR) is 85.1 cm³/mol. The maximum atomic E-state index is 4.51. The average Bonchev–Trinajstić information content (AvgIpc) is 2.94. The SMILES string of the molecule is CCCNC(c1ccc2ncccc2c1)c1cn(C)cn1. The molecule has 1 N–H and O–H groups in total. The van der Waals surface area contributed by atoms with E-state index in [4.69, 9.17) is 0 Å². The highest BCUT2D eigenvalue weighted by Gasteiger charge is 2.16. The molecule has 21 heavy (non-hydrogen) atoms. The summed E-state index contributed by atoms with van der Waals surface area (Å²) in [5.41, 5.74) is 3.30. The van der Waals surface area contributed by atoms with Gasteiger partial charge in [-0.25, -0.2) is 4.98 Å². The lowest BCUT2D eigenvalue weighted by Crippen LogP contribution is -2.23. The minimum Gasteiger partial charge on any atom is -0.340 e. The van der Waals surface area contributed by atoms with Crippen LogP contribution in [0.3, 0.4) is 0 Å². The van der Waals surface area contributed by atoms with Crippen LogP contribution in [0.2, 0.25) is 0 Å². The molecule has 108 valence electrons. The Labute approximate surface area is 124 Å². The number of hydrogen-bond acceptors (Lipinski definition) is 3. The number of nitrogens with zero attached hydrogens (tertiary/aromatic N) is 3. The molecule has 1 atom stereocenters. The lowest BCUT2D eigenvalue weighted by Gasteiger charge is -2.17. The van der Waals surface area contributed by atoms with Crippen LogP contribution < -0.4 is 5.32 Å². The molecule has 0 amide bonds. The second kappa shape index (κ2) is 6.06. The first kappa shape index (κ1) is 13.8. The number of fused-ring (bicyclic) bond motifs is 1. The van der Waals surface area contributed by atoms with Crippen molar-refractivity contribution in [3.8, 4) is 0 Å². The first-order valence-corrected chi connectivity index (χ1v) is 7.34. The molecule has 0 saturated heterocycles. The molecular weight excluding hydrogens is 260 g/mol. The summed E-state index contributed by atoms with van der Waals surface area (Å²) in [7, 11) is 2.00. The topological polar surface area (TPSA) is 42.7 Å². The molecule has 1 aromatic carbocycles. The van der Waals surface area contributed by atoms with Crippen molar-refractivity contribution >= 4 is 10.9 Å². The van der Waals surface area contributed by atoms with Crippen molar-refractivity contribution in [1.29, 1.82) is 0 Å². The van der Waals surface area contributed by atoms with Crippen LogP contribution in [0.1, 0.15) is 30.6 Å². The summed E-state index contributed by atoms with van der Waals surface area (Å²) >= 11 is 0. The average molecular weight is 280 g/mol. The fourth-order valence-corrected chi connectivity index (χ4v) is 2.54. The summed E-state index contributed by atoms with van der Waals surface area (Å²) in [5, 5.41) is 4.75. The van der Waals surface area contributed by atoms with Gasteiger partial charge in [0.05, 0.1) is 23.6 Å². The van der Waals surface area contributed by atoms with Crippen LogP contribution in [0.4, 0.5) is 0 Å². The number of pyridine rings is 1. The van der Waals surface area contributed by atoms with Gasteiger partial charge >= 0.3 is 0 Å². The number of imidazole rings is 1. The van der Waals surface area contributed by atoms with Gasteiger partial charge < -0.3 is 9.88 Å². The van der Waals surface area contributed by atoms with Gasteiger partial charge in [0.15, 0.2) is 0 Å².